The Kier molecular flexibility index (Phi) is 5.74. The molecular formula is C18H28N4O2S. The van der Waals surface area contributed by atoms with E-state index in [2.05, 4.69) is 22.1 Å². The number of piperidine rings is 1. The van der Waals surface area contributed by atoms with Crippen LogP contribution in [0.5, 0.6) is 0 Å². The van der Waals surface area contributed by atoms with Gasteiger partial charge in [-0.1, -0.05) is 6.92 Å². The molecule has 0 aliphatic carbocycles. The Bertz CT molecular complexity index is 622. The molecule has 25 heavy (non-hydrogen) atoms. The minimum Gasteiger partial charge on any atom is -0.339 e. The molecule has 2 fully saturated rings. The van der Waals surface area contributed by atoms with Crippen LogP contribution in [0.1, 0.15) is 45.7 Å². The van der Waals surface area contributed by atoms with Gasteiger partial charge in [0.1, 0.15) is 0 Å². The molecular weight excluding hydrogens is 336 g/mol. The molecule has 1 N–H and O–H groups in total. The number of hydrogen-bond acceptors (Lipinski definition) is 5. The second kappa shape index (κ2) is 7.83. The highest BCUT2D eigenvalue weighted by Crippen LogP contribution is 2.24. The monoisotopic (exact) mass is 364 g/mol. The van der Waals surface area contributed by atoms with Gasteiger partial charge in [0.25, 0.3) is 0 Å². The van der Waals surface area contributed by atoms with Crippen LogP contribution in [0.2, 0.25) is 0 Å². The van der Waals surface area contributed by atoms with Crippen molar-refractivity contribution in [3.8, 4) is 0 Å². The average molecular weight is 365 g/mol. The topological polar surface area (TPSA) is 65.5 Å². The zero-order chi connectivity index (χ0) is 18.0. The molecule has 2 aliphatic rings. The van der Waals surface area contributed by atoms with Gasteiger partial charge in [-0.25, -0.2) is 4.98 Å². The van der Waals surface area contributed by atoms with Crippen LogP contribution in [-0.2, 0) is 16.1 Å². The van der Waals surface area contributed by atoms with E-state index in [-0.39, 0.29) is 23.8 Å². The van der Waals surface area contributed by atoms with Crippen molar-refractivity contribution in [1.29, 1.82) is 0 Å². The van der Waals surface area contributed by atoms with Crippen molar-refractivity contribution in [3.63, 3.8) is 0 Å². The van der Waals surface area contributed by atoms with Crippen LogP contribution in [-0.4, -0.2) is 52.3 Å². The lowest BCUT2D eigenvalue weighted by atomic mass is 9.99. The van der Waals surface area contributed by atoms with Crippen molar-refractivity contribution in [2.75, 3.05) is 25.0 Å². The summed E-state index contributed by atoms with van der Waals surface area (Å²) >= 11 is 1.47. The standard InChI is InChI=1S/C18H28N4O2S/c1-12(2)22-9-14(8-16(22)23)17(24)20-18-19-15(11-25-18)10-21-6-4-13(3)5-7-21/h11-14H,4-10H2,1-3H3,(H,19,20,24). The van der Waals surface area contributed by atoms with Crippen molar-refractivity contribution in [3.05, 3.63) is 11.1 Å². The highest BCUT2D eigenvalue weighted by Gasteiger charge is 2.35. The summed E-state index contributed by atoms with van der Waals surface area (Å²) in [6.45, 7) is 9.86. The van der Waals surface area contributed by atoms with Gasteiger partial charge >= 0.3 is 0 Å². The lowest BCUT2D eigenvalue weighted by Crippen LogP contribution is -2.33. The van der Waals surface area contributed by atoms with Crippen LogP contribution in [0.4, 0.5) is 5.13 Å². The summed E-state index contributed by atoms with van der Waals surface area (Å²) in [4.78, 5) is 33.1. The number of thiazole rings is 1. The first-order valence-corrected chi connectivity index (χ1v) is 10.1. The van der Waals surface area contributed by atoms with Crippen molar-refractivity contribution in [2.45, 2.75) is 52.6 Å². The van der Waals surface area contributed by atoms with Gasteiger partial charge in [-0.2, -0.15) is 0 Å². The first kappa shape index (κ1) is 18.3. The van der Waals surface area contributed by atoms with E-state index in [0.29, 0.717) is 18.1 Å². The van der Waals surface area contributed by atoms with E-state index in [1.807, 2.05) is 19.2 Å². The summed E-state index contributed by atoms with van der Waals surface area (Å²) in [7, 11) is 0. The SMILES string of the molecule is CC1CCN(Cc2csc(NC(=O)C3CC(=O)N(C(C)C)C3)n2)CC1. The minimum atomic E-state index is -0.272. The number of hydrogen-bond donors (Lipinski definition) is 1. The molecule has 1 aromatic rings. The first-order chi connectivity index (χ1) is 11.9. The largest absolute Gasteiger partial charge is 0.339 e. The van der Waals surface area contributed by atoms with Gasteiger partial charge in [-0.05, 0) is 45.7 Å². The number of carbonyl (C=O) groups excluding carboxylic acids is 2. The molecule has 1 unspecified atom stereocenters. The quantitative estimate of drug-likeness (QED) is 0.872. The predicted octanol–water partition coefficient (Wildman–Crippen LogP) is 2.57. The molecule has 0 radical (unpaired) electrons. The van der Waals surface area contributed by atoms with Gasteiger partial charge in [0, 0.05) is 30.9 Å². The molecule has 0 spiro atoms. The van der Waals surface area contributed by atoms with Crippen LogP contribution < -0.4 is 5.32 Å². The first-order valence-electron chi connectivity index (χ1n) is 9.19. The molecule has 6 nitrogen and oxygen atoms in total. The third-order valence-electron chi connectivity index (χ3n) is 5.20. The van der Waals surface area contributed by atoms with E-state index in [4.69, 9.17) is 0 Å². The Balaban J connectivity index is 1.51. The summed E-state index contributed by atoms with van der Waals surface area (Å²) in [5.41, 5.74) is 1.01. The normalized spacial score (nSPS) is 22.8. The van der Waals surface area contributed by atoms with E-state index in [0.717, 1.165) is 31.2 Å². The van der Waals surface area contributed by atoms with Gasteiger partial charge < -0.3 is 10.2 Å². The molecule has 2 saturated heterocycles. The van der Waals surface area contributed by atoms with Crippen molar-refractivity contribution in [2.24, 2.45) is 11.8 Å². The molecule has 0 saturated carbocycles. The highest BCUT2D eigenvalue weighted by molar-refractivity contribution is 7.13. The maximum Gasteiger partial charge on any atom is 0.231 e. The molecule has 2 aliphatic heterocycles. The van der Waals surface area contributed by atoms with Gasteiger partial charge in [-0.15, -0.1) is 11.3 Å². The highest BCUT2D eigenvalue weighted by atomic mass is 32.1. The minimum absolute atomic E-state index is 0.0642. The van der Waals surface area contributed by atoms with Gasteiger partial charge in [0.05, 0.1) is 11.6 Å². The van der Waals surface area contributed by atoms with Gasteiger partial charge in [-0.3, -0.25) is 14.5 Å². The third-order valence-corrected chi connectivity index (χ3v) is 6.00. The number of rotatable bonds is 5. The van der Waals surface area contributed by atoms with E-state index in [1.165, 1.54) is 24.2 Å². The van der Waals surface area contributed by atoms with Crippen LogP contribution in [0.3, 0.4) is 0 Å². The molecule has 0 aromatic carbocycles. The van der Waals surface area contributed by atoms with Crippen LogP contribution in [0.15, 0.2) is 5.38 Å². The van der Waals surface area contributed by atoms with Crippen LogP contribution >= 0.6 is 11.3 Å². The number of nitrogens with one attached hydrogen (secondary N) is 1. The maximum absolute atomic E-state index is 12.4. The average Bonchev–Trinajstić information content (AvgIpc) is 3.16. The van der Waals surface area contributed by atoms with E-state index in [9.17, 15) is 9.59 Å². The second-order valence-electron chi connectivity index (χ2n) is 7.63. The molecule has 3 rings (SSSR count). The molecule has 7 heteroatoms. The fourth-order valence-electron chi connectivity index (χ4n) is 3.50. The smallest absolute Gasteiger partial charge is 0.231 e. The Hall–Kier alpha value is -1.47. The fourth-order valence-corrected chi connectivity index (χ4v) is 4.20. The third kappa shape index (κ3) is 4.58. The molecule has 138 valence electrons. The Morgan fingerprint density at radius 1 is 1.40 bits per heavy atom. The Morgan fingerprint density at radius 2 is 2.12 bits per heavy atom. The van der Waals surface area contributed by atoms with Crippen molar-refractivity contribution in [1.82, 2.24) is 14.8 Å². The zero-order valence-electron chi connectivity index (χ0n) is 15.3. The summed E-state index contributed by atoms with van der Waals surface area (Å²) < 4.78 is 0. The lowest BCUT2D eigenvalue weighted by molar-refractivity contribution is -0.129. The van der Waals surface area contributed by atoms with Gasteiger partial charge in [0.15, 0.2) is 5.13 Å². The van der Waals surface area contributed by atoms with E-state index < -0.39 is 0 Å². The molecule has 3 heterocycles. The number of nitrogens with zero attached hydrogens (tertiary/aromatic N) is 3. The molecule has 1 atom stereocenters. The number of amides is 2. The van der Waals surface area contributed by atoms with E-state index >= 15 is 0 Å². The summed E-state index contributed by atoms with van der Waals surface area (Å²) in [6, 6.07) is 0.143. The number of anilines is 1. The molecule has 1 aromatic heterocycles. The van der Waals surface area contributed by atoms with Gasteiger partial charge in [0.2, 0.25) is 11.8 Å². The molecule has 0 bridgehead atoms. The fraction of sp³-hybridized carbons (Fsp3) is 0.722. The summed E-state index contributed by atoms with van der Waals surface area (Å²) in [6.07, 6.45) is 2.79. The predicted molar refractivity (Wildman–Crippen MR) is 99.4 cm³/mol. The van der Waals surface area contributed by atoms with E-state index in [1.54, 1.807) is 4.90 Å². The summed E-state index contributed by atoms with van der Waals surface area (Å²) in [5.74, 6) is 0.519. The molecule has 2 amide bonds. The number of carbonyl (C=O) groups is 2. The maximum atomic E-state index is 12.4. The zero-order valence-corrected chi connectivity index (χ0v) is 16.1. The second-order valence-corrected chi connectivity index (χ2v) is 8.49. The van der Waals surface area contributed by atoms with Crippen LogP contribution in [0, 0.1) is 11.8 Å². The van der Waals surface area contributed by atoms with Crippen molar-refractivity contribution >= 4 is 28.3 Å². The number of likely N-dealkylation sites (tertiary alicyclic amines) is 2. The Morgan fingerprint density at radius 3 is 2.76 bits per heavy atom. The van der Waals surface area contributed by atoms with Crippen LogP contribution in [0.25, 0.3) is 0 Å². The number of aromatic nitrogens is 1. The van der Waals surface area contributed by atoms with Crippen molar-refractivity contribution < 1.29 is 9.59 Å². The summed E-state index contributed by atoms with van der Waals surface area (Å²) in [5, 5.41) is 5.56. The Labute approximate surface area is 153 Å². The lowest BCUT2D eigenvalue weighted by Gasteiger charge is -2.29.